The van der Waals surface area contributed by atoms with Crippen LogP contribution in [0.2, 0.25) is 0 Å². The number of likely N-dealkylation sites (tertiary alicyclic amines) is 1. The van der Waals surface area contributed by atoms with Crippen LogP contribution in [0, 0.1) is 0 Å². The number of esters is 1. The SMILES string of the molecule is CCC1CCCCN1C(=O)CCNc1cccc(C(=O)OC)c1. The number of amides is 1. The first-order chi connectivity index (χ1) is 11.2. The van der Waals surface area contributed by atoms with E-state index >= 15 is 0 Å². The van der Waals surface area contributed by atoms with Crippen LogP contribution in [0.15, 0.2) is 24.3 Å². The molecule has 5 heteroatoms. The van der Waals surface area contributed by atoms with E-state index in [9.17, 15) is 9.59 Å². The lowest BCUT2D eigenvalue weighted by Gasteiger charge is -2.35. The van der Waals surface area contributed by atoms with Crippen LogP contribution in [-0.2, 0) is 9.53 Å². The van der Waals surface area contributed by atoms with Crippen molar-refractivity contribution in [1.29, 1.82) is 0 Å². The molecule has 0 spiro atoms. The molecule has 1 aromatic rings. The van der Waals surface area contributed by atoms with Crippen LogP contribution in [0.4, 0.5) is 5.69 Å². The lowest BCUT2D eigenvalue weighted by atomic mass is 9.99. The van der Waals surface area contributed by atoms with E-state index in [-0.39, 0.29) is 11.9 Å². The van der Waals surface area contributed by atoms with Gasteiger partial charge in [0.05, 0.1) is 12.7 Å². The highest BCUT2D eigenvalue weighted by atomic mass is 16.5. The van der Waals surface area contributed by atoms with E-state index in [4.69, 9.17) is 4.74 Å². The molecular weight excluding hydrogens is 292 g/mol. The summed E-state index contributed by atoms with van der Waals surface area (Å²) in [6.45, 7) is 3.60. The fourth-order valence-corrected chi connectivity index (χ4v) is 3.08. The van der Waals surface area contributed by atoms with Crippen LogP contribution >= 0.6 is 0 Å². The normalized spacial score (nSPS) is 17.7. The second-order valence-electron chi connectivity index (χ2n) is 5.89. The number of piperidine rings is 1. The lowest BCUT2D eigenvalue weighted by molar-refractivity contribution is -0.134. The van der Waals surface area contributed by atoms with Gasteiger partial charge >= 0.3 is 5.97 Å². The summed E-state index contributed by atoms with van der Waals surface area (Å²) in [5, 5.41) is 3.21. The maximum atomic E-state index is 12.4. The second kappa shape index (κ2) is 8.56. The van der Waals surface area contributed by atoms with Gasteiger partial charge in [0.1, 0.15) is 0 Å². The molecule has 0 aliphatic carbocycles. The molecule has 0 aromatic heterocycles. The maximum absolute atomic E-state index is 12.4. The first kappa shape index (κ1) is 17.3. The number of benzene rings is 1. The molecule has 1 N–H and O–H groups in total. The Kier molecular flexibility index (Phi) is 6.44. The maximum Gasteiger partial charge on any atom is 0.337 e. The zero-order valence-corrected chi connectivity index (χ0v) is 14.0. The summed E-state index contributed by atoms with van der Waals surface area (Å²) >= 11 is 0. The van der Waals surface area contributed by atoms with E-state index in [2.05, 4.69) is 12.2 Å². The Morgan fingerprint density at radius 1 is 1.35 bits per heavy atom. The number of anilines is 1. The van der Waals surface area contributed by atoms with E-state index in [1.165, 1.54) is 13.5 Å². The summed E-state index contributed by atoms with van der Waals surface area (Å²) in [6.07, 6.45) is 4.95. The van der Waals surface area contributed by atoms with E-state index < -0.39 is 0 Å². The molecule has 1 amide bonds. The minimum absolute atomic E-state index is 0.216. The van der Waals surface area contributed by atoms with Crippen molar-refractivity contribution in [3.8, 4) is 0 Å². The number of methoxy groups -OCH3 is 1. The van der Waals surface area contributed by atoms with E-state index in [0.29, 0.717) is 24.6 Å². The van der Waals surface area contributed by atoms with Gasteiger partial charge in [0.15, 0.2) is 0 Å². The molecule has 1 saturated heterocycles. The van der Waals surface area contributed by atoms with Gasteiger partial charge in [-0.3, -0.25) is 4.79 Å². The van der Waals surface area contributed by atoms with E-state index in [1.807, 2.05) is 11.0 Å². The van der Waals surface area contributed by atoms with Gasteiger partial charge in [0.2, 0.25) is 5.91 Å². The van der Waals surface area contributed by atoms with Gasteiger partial charge < -0.3 is 15.0 Å². The van der Waals surface area contributed by atoms with Crippen molar-refractivity contribution in [3.05, 3.63) is 29.8 Å². The van der Waals surface area contributed by atoms with Crippen molar-refractivity contribution < 1.29 is 14.3 Å². The highest BCUT2D eigenvalue weighted by molar-refractivity contribution is 5.90. The molecule has 126 valence electrons. The molecule has 1 heterocycles. The third kappa shape index (κ3) is 4.71. The third-order valence-electron chi connectivity index (χ3n) is 4.37. The smallest absolute Gasteiger partial charge is 0.337 e. The van der Waals surface area contributed by atoms with Crippen molar-refractivity contribution >= 4 is 17.6 Å². The van der Waals surface area contributed by atoms with Crippen LogP contribution in [0.25, 0.3) is 0 Å². The van der Waals surface area contributed by atoms with Gasteiger partial charge in [-0.25, -0.2) is 4.79 Å². The fraction of sp³-hybridized carbons (Fsp3) is 0.556. The second-order valence-corrected chi connectivity index (χ2v) is 5.89. The molecule has 2 rings (SSSR count). The number of nitrogens with zero attached hydrogens (tertiary/aromatic N) is 1. The number of carbonyl (C=O) groups excluding carboxylic acids is 2. The Bertz CT molecular complexity index is 545. The topological polar surface area (TPSA) is 58.6 Å². The Balaban J connectivity index is 1.84. The first-order valence-corrected chi connectivity index (χ1v) is 8.37. The third-order valence-corrected chi connectivity index (χ3v) is 4.37. The fourth-order valence-electron chi connectivity index (χ4n) is 3.08. The lowest BCUT2D eigenvalue weighted by Crippen LogP contribution is -2.43. The molecule has 0 bridgehead atoms. The monoisotopic (exact) mass is 318 g/mol. The molecule has 5 nitrogen and oxygen atoms in total. The molecule has 0 saturated carbocycles. The highest BCUT2D eigenvalue weighted by Crippen LogP contribution is 2.20. The minimum Gasteiger partial charge on any atom is -0.465 e. The summed E-state index contributed by atoms with van der Waals surface area (Å²) in [5.74, 6) is -0.142. The standard InChI is InChI=1S/C18H26N2O3/c1-3-16-9-4-5-12-20(16)17(21)10-11-19-15-8-6-7-14(13-15)18(22)23-2/h6-8,13,16,19H,3-5,9-12H2,1-2H3. The molecule has 1 aliphatic rings. The van der Waals surface area contributed by atoms with Crippen molar-refractivity contribution in [3.63, 3.8) is 0 Å². The zero-order valence-electron chi connectivity index (χ0n) is 14.0. The molecule has 1 atom stereocenters. The minimum atomic E-state index is -0.358. The van der Waals surface area contributed by atoms with Gasteiger partial charge in [-0.1, -0.05) is 13.0 Å². The van der Waals surface area contributed by atoms with Crippen molar-refractivity contribution in [2.24, 2.45) is 0 Å². The predicted octanol–water partition coefficient (Wildman–Crippen LogP) is 3.07. The summed E-state index contributed by atoms with van der Waals surface area (Å²) in [7, 11) is 1.36. The summed E-state index contributed by atoms with van der Waals surface area (Å²) in [4.78, 5) is 25.9. The average molecular weight is 318 g/mol. The van der Waals surface area contributed by atoms with Crippen LogP contribution in [-0.4, -0.2) is 43.0 Å². The van der Waals surface area contributed by atoms with Gasteiger partial charge in [-0.05, 0) is 43.9 Å². The number of ether oxygens (including phenoxy) is 1. The first-order valence-electron chi connectivity index (χ1n) is 8.37. The Labute approximate surface area is 138 Å². The van der Waals surface area contributed by atoms with Crippen LogP contribution in [0.5, 0.6) is 0 Å². The van der Waals surface area contributed by atoms with Crippen molar-refractivity contribution in [2.45, 2.75) is 45.1 Å². The Morgan fingerprint density at radius 2 is 2.17 bits per heavy atom. The largest absolute Gasteiger partial charge is 0.465 e. The van der Waals surface area contributed by atoms with Crippen molar-refractivity contribution in [2.75, 3.05) is 25.5 Å². The molecule has 1 aromatic carbocycles. The zero-order chi connectivity index (χ0) is 16.7. The van der Waals surface area contributed by atoms with E-state index in [0.717, 1.165) is 31.5 Å². The van der Waals surface area contributed by atoms with Gasteiger partial charge in [-0.15, -0.1) is 0 Å². The number of nitrogens with one attached hydrogen (secondary N) is 1. The van der Waals surface area contributed by atoms with E-state index in [1.54, 1.807) is 18.2 Å². The Morgan fingerprint density at radius 3 is 2.91 bits per heavy atom. The summed E-state index contributed by atoms with van der Waals surface area (Å²) < 4.78 is 4.71. The van der Waals surface area contributed by atoms with Crippen LogP contribution in [0.1, 0.15) is 49.4 Å². The number of hydrogen-bond donors (Lipinski definition) is 1. The molecule has 1 fully saturated rings. The number of carbonyl (C=O) groups is 2. The van der Waals surface area contributed by atoms with Crippen LogP contribution in [0.3, 0.4) is 0 Å². The number of hydrogen-bond acceptors (Lipinski definition) is 4. The highest BCUT2D eigenvalue weighted by Gasteiger charge is 2.24. The molecule has 1 aliphatic heterocycles. The summed E-state index contributed by atoms with van der Waals surface area (Å²) in [6, 6.07) is 7.54. The Hall–Kier alpha value is -2.04. The van der Waals surface area contributed by atoms with Gasteiger partial charge in [-0.2, -0.15) is 0 Å². The average Bonchev–Trinajstić information content (AvgIpc) is 2.61. The van der Waals surface area contributed by atoms with Crippen LogP contribution < -0.4 is 5.32 Å². The molecule has 23 heavy (non-hydrogen) atoms. The van der Waals surface area contributed by atoms with Gasteiger partial charge in [0.25, 0.3) is 0 Å². The number of rotatable bonds is 6. The summed E-state index contributed by atoms with van der Waals surface area (Å²) in [5.41, 5.74) is 1.33. The quantitative estimate of drug-likeness (QED) is 0.819. The van der Waals surface area contributed by atoms with Gasteiger partial charge in [0, 0.05) is 31.2 Å². The molecule has 0 radical (unpaired) electrons. The molecule has 1 unspecified atom stereocenters. The predicted molar refractivity (Wildman–Crippen MR) is 90.5 cm³/mol. The van der Waals surface area contributed by atoms with Crippen molar-refractivity contribution in [1.82, 2.24) is 4.90 Å². The molecular formula is C18H26N2O3.